The molecule has 0 atom stereocenters. The molecule has 0 aromatic rings. The lowest BCUT2D eigenvalue weighted by molar-refractivity contribution is 0.956. The van der Waals surface area contributed by atoms with Crippen LogP contribution < -0.4 is 5.32 Å². The van der Waals surface area contributed by atoms with Crippen molar-refractivity contribution in [2.45, 2.75) is 13.3 Å². The number of aliphatic imine (C=N–C) groups is 2. The smallest absolute Gasteiger partial charge is 0.130 e. The lowest BCUT2D eigenvalue weighted by Crippen LogP contribution is -2.24. The van der Waals surface area contributed by atoms with Crippen LogP contribution in [-0.2, 0) is 0 Å². The minimum absolute atomic E-state index is 0.549. The highest BCUT2D eigenvalue weighted by Gasteiger charge is 2.13. The van der Waals surface area contributed by atoms with E-state index in [0.29, 0.717) is 6.67 Å². The molecule has 0 saturated carbocycles. The minimum Gasteiger partial charge on any atom is -0.380 e. The van der Waals surface area contributed by atoms with Gasteiger partial charge in [-0.25, -0.2) is 0 Å². The maximum Gasteiger partial charge on any atom is 0.130 e. The van der Waals surface area contributed by atoms with Crippen molar-refractivity contribution >= 4 is 11.4 Å². The second-order valence-corrected chi connectivity index (χ2v) is 2.75. The highest BCUT2D eigenvalue weighted by molar-refractivity contribution is 6.48. The second kappa shape index (κ2) is 4.60. The average Bonchev–Trinajstić information content (AvgIpc) is 2.61. The van der Waals surface area contributed by atoms with Crippen molar-refractivity contribution in [2.75, 3.05) is 13.2 Å². The molecule has 1 aliphatic rings. The van der Waals surface area contributed by atoms with Crippen LogP contribution in [0.5, 0.6) is 0 Å². The molecule has 3 heteroatoms. The SMILES string of the molecule is C=CCNC(=C)C1=NCN=C1CC. The van der Waals surface area contributed by atoms with E-state index in [9.17, 15) is 0 Å². The van der Waals surface area contributed by atoms with Crippen LogP contribution in [-0.4, -0.2) is 24.6 Å². The normalized spacial score (nSPS) is 14.8. The zero-order valence-electron chi connectivity index (χ0n) is 8.01. The second-order valence-electron chi connectivity index (χ2n) is 2.75. The molecule has 0 fully saturated rings. The third-order valence-corrected chi connectivity index (χ3v) is 1.84. The van der Waals surface area contributed by atoms with Gasteiger partial charge in [0, 0.05) is 6.54 Å². The van der Waals surface area contributed by atoms with Crippen LogP contribution >= 0.6 is 0 Å². The lowest BCUT2D eigenvalue weighted by Gasteiger charge is -2.07. The molecule has 0 aliphatic carbocycles. The summed E-state index contributed by atoms with van der Waals surface area (Å²) in [6.07, 6.45) is 2.71. The summed E-state index contributed by atoms with van der Waals surface area (Å²) in [6, 6.07) is 0. The molecule has 0 saturated heterocycles. The lowest BCUT2D eigenvalue weighted by atomic mass is 10.1. The Kier molecular flexibility index (Phi) is 3.43. The maximum atomic E-state index is 4.26. The number of nitrogens with one attached hydrogen (secondary N) is 1. The average molecular weight is 177 g/mol. The van der Waals surface area contributed by atoms with Crippen molar-refractivity contribution in [1.82, 2.24) is 5.32 Å². The van der Waals surface area contributed by atoms with Gasteiger partial charge in [-0.05, 0) is 6.42 Å². The van der Waals surface area contributed by atoms with Gasteiger partial charge < -0.3 is 5.32 Å². The van der Waals surface area contributed by atoms with Gasteiger partial charge in [0.1, 0.15) is 12.4 Å². The molecule has 1 N–H and O–H groups in total. The molecule has 1 heterocycles. The topological polar surface area (TPSA) is 36.8 Å². The molecule has 13 heavy (non-hydrogen) atoms. The maximum absolute atomic E-state index is 4.26. The zero-order chi connectivity index (χ0) is 9.68. The molecular formula is C10H15N3. The molecule has 3 nitrogen and oxygen atoms in total. The van der Waals surface area contributed by atoms with Gasteiger partial charge in [-0.2, -0.15) is 0 Å². The molecule has 1 rings (SSSR count). The molecule has 70 valence electrons. The van der Waals surface area contributed by atoms with E-state index in [2.05, 4.69) is 35.4 Å². The molecule has 0 aromatic carbocycles. The van der Waals surface area contributed by atoms with E-state index >= 15 is 0 Å². The summed E-state index contributed by atoms with van der Waals surface area (Å²) in [5.74, 6) is 0. The predicted octanol–water partition coefficient (Wildman–Crippen LogP) is 1.54. The fourth-order valence-corrected chi connectivity index (χ4v) is 1.19. The van der Waals surface area contributed by atoms with E-state index in [-0.39, 0.29) is 0 Å². The van der Waals surface area contributed by atoms with E-state index in [4.69, 9.17) is 0 Å². The fourth-order valence-electron chi connectivity index (χ4n) is 1.19. The van der Waals surface area contributed by atoms with Crippen LogP contribution in [0.25, 0.3) is 0 Å². The van der Waals surface area contributed by atoms with Crippen LogP contribution in [0.3, 0.4) is 0 Å². The highest BCUT2D eigenvalue weighted by atomic mass is 15.0. The Bertz CT molecular complexity index is 274. The van der Waals surface area contributed by atoms with Gasteiger partial charge in [0.2, 0.25) is 0 Å². The molecule has 1 aliphatic heterocycles. The number of nitrogens with zero attached hydrogens (tertiary/aromatic N) is 2. The Morgan fingerprint density at radius 3 is 3.00 bits per heavy atom. The number of hydrogen-bond acceptors (Lipinski definition) is 3. The molecule has 0 aromatic heterocycles. The number of rotatable bonds is 5. The summed E-state index contributed by atoms with van der Waals surface area (Å²) in [4.78, 5) is 8.51. The highest BCUT2D eigenvalue weighted by Crippen LogP contribution is 2.05. The quantitative estimate of drug-likeness (QED) is 0.635. The van der Waals surface area contributed by atoms with Gasteiger partial charge in [-0.3, -0.25) is 9.98 Å². The third kappa shape index (κ3) is 2.28. The molecule has 0 amide bonds. The summed E-state index contributed by atoms with van der Waals surface area (Å²) in [7, 11) is 0. The van der Waals surface area contributed by atoms with Crippen LogP contribution in [0, 0.1) is 0 Å². The predicted molar refractivity (Wildman–Crippen MR) is 57.4 cm³/mol. The van der Waals surface area contributed by atoms with Crippen molar-refractivity contribution < 1.29 is 0 Å². The van der Waals surface area contributed by atoms with E-state index in [1.54, 1.807) is 6.08 Å². The van der Waals surface area contributed by atoms with Crippen LogP contribution in [0.15, 0.2) is 34.9 Å². The van der Waals surface area contributed by atoms with Crippen molar-refractivity contribution in [3.05, 3.63) is 24.9 Å². The zero-order valence-corrected chi connectivity index (χ0v) is 8.01. The van der Waals surface area contributed by atoms with Gasteiger partial charge in [0.25, 0.3) is 0 Å². The van der Waals surface area contributed by atoms with Gasteiger partial charge in [-0.15, -0.1) is 6.58 Å². The first-order valence-electron chi connectivity index (χ1n) is 4.41. The van der Waals surface area contributed by atoms with E-state index in [1.165, 1.54) is 0 Å². The summed E-state index contributed by atoms with van der Waals surface area (Å²) in [5, 5.41) is 3.11. The van der Waals surface area contributed by atoms with Crippen LogP contribution in [0.4, 0.5) is 0 Å². The summed E-state index contributed by atoms with van der Waals surface area (Å²) < 4.78 is 0. The summed E-state index contributed by atoms with van der Waals surface area (Å²) >= 11 is 0. The van der Waals surface area contributed by atoms with Crippen molar-refractivity contribution in [3.8, 4) is 0 Å². The van der Waals surface area contributed by atoms with Crippen molar-refractivity contribution in [3.63, 3.8) is 0 Å². The molecule has 0 bridgehead atoms. The molecule has 0 radical (unpaired) electrons. The van der Waals surface area contributed by atoms with Gasteiger partial charge in [-0.1, -0.05) is 19.6 Å². The standard InChI is InChI=1S/C10H15N3/c1-4-6-11-8(3)10-9(5-2)12-7-13-10/h4,11H,1,3,5-7H2,2H3. The first-order valence-corrected chi connectivity index (χ1v) is 4.41. The van der Waals surface area contributed by atoms with Crippen LogP contribution in [0.1, 0.15) is 13.3 Å². The first-order chi connectivity index (χ1) is 6.29. The number of hydrogen-bond donors (Lipinski definition) is 1. The van der Waals surface area contributed by atoms with Gasteiger partial charge >= 0.3 is 0 Å². The third-order valence-electron chi connectivity index (χ3n) is 1.84. The van der Waals surface area contributed by atoms with E-state index < -0.39 is 0 Å². The molecule has 0 spiro atoms. The van der Waals surface area contributed by atoms with E-state index in [0.717, 1.165) is 30.1 Å². The molecule has 0 unspecified atom stereocenters. The van der Waals surface area contributed by atoms with Gasteiger partial charge in [0.15, 0.2) is 0 Å². The Morgan fingerprint density at radius 1 is 1.62 bits per heavy atom. The molecular weight excluding hydrogens is 162 g/mol. The largest absolute Gasteiger partial charge is 0.380 e. The number of allylic oxidation sites excluding steroid dienone is 1. The minimum atomic E-state index is 0.549. The first kappa shape index (κ1) is 9.71. The van der Waals surface area contributed by atoms with Crippen molar-refractivity contribution in [1.29, 1.82) is 0 Å². The van der Waals surface area contributed by atoms with E-state index in [1.807, 2.05) is 0 Å². The Morgan fingerprint density at radius 2 is 2.38 bits per heavy atom. The summed E-state index contributed by atoms with van der Waals surface area (Å²) in [6.45, 7) is 10.9. The fraction of sp³-hybridized carbons (Fsp3) is 0.400. The Hall–Kier alpha value is -1.38. The Balaban J connectivity index is 2.57. The van der Waals surface area contributed by atoms with Crippen LogP contribution in [0.2, 0.25) is 0 Å². The van der Waals surface area contributed by atoms with Crippen molar-refractivity contribution in [2.24, 2.45) is 9.98 Å². The van der Waals surface area contributed by atoms with Gasteiger partial charge in [0.05, 0.1) is 11.4 Å². The monoisotopic (exact) mass is 177 g/mol. The summed E-state index contributed by atoms with van der Waals surface area (Å²) in [5.41, 5.74) is 2.81. The Labute approximate surface area is 79.0 Å².